The molecule has 132 valence electrons. The van der Waals surface area contributed by atoms with Crippen molar-refractivity contribution in [2.24, 2.45) is 0 Å². The minimum Gasteiger partial charge on any atom is -0.497 e. The van der Waals surface area contributed by atoms with Gasteiger partial charge in [-0.25, -0.2) is 0 Å². The average molecular weight is 356 g/mol. The van der Waals surface area contributed by atoms with E-state index in [4.69, 9.17) is 4.74 Å². The molecule has 2 aromatic carbocycles. The maximum absolute atomic E-state index is 12.5. The van der Waals surface area contributed by atoms with E-state index in [1.54, 1.807) is 18.9 Å². The van der Waals surface area contributed by atoms with Gasteiger partial charge in [0.2, 0.25) is 5.91 Å². The molecule has 5 heteroatoms. The number of benzene rings is 2. The second-order valence-electron chi connectivity index (χ2n) is 6.23. The Hall–Kier alpha value is -1.98. The summed E-state index contributed by atoms with van der Waals surface area (Å²) in [6, 6.07) is 16.5. The van der Waals surface area contributed by atoms with E-state index in [1.807, 2.05) is 42.7 Å². The van der Waals surface area contributed by atoms with Gasteiger partial charge in [0.1, 0.15) is 5.75 Å². The SMILES string of the molecule is COc1ccc(CN(CC(=O)Nc2ccccc2SC)C2CC2)cc1. The van der Waals surface area contributed by atoms with Crippen molar-refractivity contribution >= 4 is 23.4 Å². The first kappa shape index (κ1) is 17.8. The largest absolute Gasteiger partial charge is 0.497 e. The van der Waals surface area contributed by atoms with Gasteiger partial charge in [-0.1, -0.05) is 24.3 Å². The molecule has 0 spiro atoms. The smallest absolute Gasteiger partial charge is 0.238 e. The van der Waals surface area contributed by atoms with Gasteiger partial charge in [-0.3, -0.25) is 9.69 Å². The van der Waals surface area contributed by atoms with Crippen molar-refractivity contribution in [1.82, 2.24) is 4.90 Å². The van der Waals surface area contributed by atoms with E-state index >= 15 is 0 Å². The summed E-state index contributed by atoms with van der Waals surface area (Å²) >= 11 is 1.64. The van der Waals surface area contributed by atoms with Gasteiger partial charge in [-0.15, -0.1) is 11.8 Å². The van der Waals surface area contributed by atoms with Gasteiger partial charge in [0, 0.05) is 17.5 Å². The highest BCUT2D eigenvalue weighted by Gasteiger charge is 2.30. The highest BCUT2D eigenvalue weighted by atomic mass is 32.2. The Bertz CT molecular complexity index is 714. The Labute approximate surface area is 153 Å². The highest BCUT2D eigenvalue weighted by Crippen LogP contribution is 2.29. The van der Waals surface area contributed by atoms with Gasteiger partial charge in [0.25, 0.3) is 0 Å². The number of hydrogen-bond donors (Lipinski definition) is 1. The van der Waals surface area contributed by atoms with E-state index in [9.17, 15) is 4.79 Å². The molecule has 0 unspecified atom stereocenters. The van der Waals surface area contributed by atoms with Crippen LogP contribution in [-0.2, 0) is 11.3 Å². The maximum atomic E-state index is 12.5. The zero-order valence-corrected chi connectivity index (χ0v) is 15.5. The van der Waals surface area contributed by atoms with Crippen LogP contribution in [0.25, 0.3) is 0 Å². The number of nitrogens with zero attached hydrogens (tertiary/aromatic N) is 1. The molecular formula is C20H24N2O2S. The van der Waals surface area contributed by atoms with Crippen LogP contribution in [0.2, 0.25) is 0 Å². The molecule has 1 aliphatic rings. The zero-order valence-electron chi connectivity index (χ0n) is 14.7. The van der Waals surface area contributed by atoms with Crippen molar-refractivity contribution in [2.45, 2.75) is 30.3 Å². The maximum Gasteiger partial charge on any atom is 0.238 e. The Kier molecular flexibility index (Phi) is 6.00. The summed E-state index contributed by atoms with van der Waals surface area (Å²) in [5, 5.41) is 3.06. The van der Waals surface area contributed by atoms with Gasteiger partial charge in [-0.05, 0) is 48.9 Å². The number of carbonyl (C=O) groups is 1. The fourth-order valence-corrected chi connectivity index (χ4v) is 3.39. The lowest BCUT2D eigenvalue weighted by atomic mass is 10.2. The van der Waals surface area contributed by atoms with Crippen LogP contribution in [0, 0.1) is 0 Å². The molecule has 1 aliphatic carbocycles. The standard InChI is InChI=1S/C20H24N2O2S/c1-24-17-11-7-15(8-12-17)13-22(16-9-10-16)14-20(23)21-18-5-3-4-6-19(18)25-2/h3-8,11-12,16H,9-10,13-14H2,1-2H3,(H,21,23). The van der Waals surface area contributed by atoms with Crippen LogP contribution in [0.5, 0.6) is 5.75 Å². The van der Waals surface area contributed by atoms with Crippen molar-refractivity contribution in [1.29, 1.82) is 0 Å². The third kappa shape index (κ3) is 5.00. The van der Waals surface area contributed by atoms with Crippen molar-refractivity contribution in [2.75, 3.05) is 25.2 Å². The molecule has 25 heavy (non-hydrogen) atoms. The van der Waals surface area contributed by atoms with Crippen LogP contribution < -0.4 is 10.1 Å². The molecule has 3 rings (SSSR count). The van der Waals surface area contributed by atoms with E-state index in [1.165, 1.54) is 18.4 Å². The highest BCUT2D eigenvalue weighted by molar-refractivity contribution is 7.98. The minimum absolute atomic E-state index is 0.0434. The molecule has 0 radical (unpaired) electrons. The number of thioether (sulfide) groups is 1. The first-order chi connectivity index (χ1) is 12.2. The molecule has 1 amide bonds. The summed E-state index contributed by atoms with van der Waals surface area (Å²) in [4.78, 5) is 15.9. The van der Waals surface area contributed by atoms with Crippen LogP contribution in [0.15, 0.2) is 53.4 Å². The molecule has 1 N–H and O–H groups in total. The van der Waals surface area contributed by atoms with Crippen LogP contribution in [-0.4, -0.2) is 36.8 Å². The molecule has 0 atom stereocenters. The lowest BCUT2D eigenvalue weighted by molar-refractivity contribution is -0.117. The summed E-state index contributed by atoms with van der Waals surface area (Å²) in [7, 11) is 1.67. The number of hydrogen-bond acceptors (Lipinski definition) is 4. The number of para-hydroxylation sites is 1. The zero-order chi connectivity index (χ0) is 17.6. The molecule has 0 bridgehead atoms. The van der Waals surface area contributed by atoms with Crippen molar-refractivity contribution < 1.29 is 9.53 Å². The lowest BCUT2D eigenvalue weighted by Crippen LogP contribution is -2.34. The molecule has 0 heterocycles. The Morgan fingerprint density at radius 2 is 1.92 bits per heavy atom. The van der Waals surface area contributed by atoms with Crippen molar-refractivity contribution in [3.05, 3.63) is 54.1 Å². The molecule has 0 aromatic heterocycles. The van der Waals surface area contributed by atoms with Crippen LogP contribution >= 0.6 is 11.8 Å². The number of ether oxygens (including phenoxy) is 1. The van der Waals surface area contributed by atoms with E-state index in [2.05, 4.69) is 22.3 Å². The number of rotatable bonds is 8. The van der Waals surface area contributed by atoms with Gasteiger partial charge < -0.3 is 10.1 Å². The van der Waals surface area contributed by atoms with E-state index in [-0.39, 0.29) is 5.91 Å². The average Bonchev–Trinajstić information content (AvgIpc) is 3.47. The molecule has 2 aromatic rings. The topological polar surface area (TPSA) is 41.6 Å². The van der Waals surface area contributed by atoms with Crippen LogP contribution in [0.4, 0.5) is 5.69 Å². The molecular weight excluding hydrogens is 332 g/mol. The molecule has 0 aliphatic heterocycles. The van der Waals surface area contributed by atoms with Gasteiger partial charge in [-0.2, -0.15) is 0 Å². The number of carbonyl (C=O) groups excluding carboxylic acids is 1. The van der Waals surface area contributed by atoms with Gasteiger partial charge >= 0.3 is 0 Å². The summed E-state index contributed by atoms with van der Waals surface area (Å²) in [6.45, 7) is 1.20. The first-order valence-corrected chi connectivity index (χ1v) is 9.72. The summed E-state index contributed by atoms with van der Waals surface area (Å²) in [6.07, 6.45) is 4.36. The summed E-state index contributed by atoms with van der Waals surface area (Å²) in [5.74, 6) is 0.898. The summed E-state index contributed by atoms with van der Waals surface area (Å²) in [5.41, 5.74) is 2.09. The molecule has 1 saturated carbocycles. The Balaban J connectivity index is 1.62. The van der Waals surface area contributed by atoms with Gasteiger partial charge in [0.05, 0.1) is 19.3 Å². The monoisotopic (exact) mass is 356 g/mol. The van der Waals surface area contributed by atoms with Gasteiger partial charge in [0.15, 0.2) is 0 Å². The molecule has 0 saturated heterocycles. The number of anilines is 1. The van der Waals surface area contributed by atoms with Crippen LogP contribution in [0.3, 0.4) is 0 Å². The van der Waals surface area contributed by atoms with Crippen molar-refractivity contribution in [3.63, 3.8) is 0 Å². The van der Waals surface area contributed by atoms with E-state index in [0.29, 0.717) is 12.6 Å². The summed E-state index contributed by atoms with van der Waals surface area (Å²) < 4.78 is 5.21. The first-order valence-electron chi connectivity index (χ1n) is 8.49. The second kappa shape index (κ2) is 8.41. The van der Waals surface area contributed by atoms with Crippen molar-refractivity contribution in [3.8, 4) is 5.75 Å². The predicted octanol–water partition coefficient (Wildman–Crippen LogP) is 4.02. The Morgan fingerprint density at radius 1 is 1.20 bits per heavy atom. The van der Waals surface area contributed by atoms with E-state index in [0.717, 1.165) is 22.9 Å². The molecule has 4 nitrogen and oxygen atoms in total. The number of nitrogens with one attached hydrogen (secondary N) is 1. The van der Waals surface area contributed by atoms with E-state index < -0.39 is 0 Å². The third-order valence-electron chi connectivity index (χ3n) is 4.34. The van der Waals surface area contributed by atoms with Crippen LogP contribution in [0.1, 0.15) is 18.4 Å². The lowest BCUT2D eigenvalue weighted by Gasteiger charge is -2.22. The minimum atomic E-state index is 0.0434. The fourth-order valence-electron chi connectivity index (χ4n) is 2.84. The fraction of sp³-hybridized carbons (Fsp3) is 0.350. The quantitative estimate of drug-likeness (QED) is 0.726. The predicted molar refractivity (Wildman–Crippen MR) is 103 cm³/mol. The molecule has 1 fully saturated rings. The number of methoxy groups -OCH3 is 1. The number of amides is 1. The Morgan fingerprint density at radius 3 is 2.56 bits per heavy atom. The normalized spacial score (nSPS) is 13.7. The second-order valence-corrected chi connectivity index (χ2v) is 7.08. The third-order valence-corrected chi connectivity index (χ3v) is 5.13.